The summed E-state index contributed by atoms with van der Waals surface area (Å²) in [7, 11) is 1.87. The summed E-state index contributed by atoms with van der Waals surface area (Å²) >= 11 is 0. The molecule has 18 heavy (non-hydrogen) atoms. The second kappa shape index (κ2) is 6.07. The standard InChI is InChI=1S/C15H23NO2/c1-12(14-8-5-11-18-14)16(2)15(17)10-9-13-6-3-4-7-13/h5,8,11-13H,3-4,6-7,9-10H2,1-2H3. The highest BCUT2D eigenvalue weighted by Gasteiger charge is 2.21. The molecule has 1 atom stereocenters. The van der Waals surface area contributed by atoms with E-state index in [1.165, 1.54) is 25.7 Å². The van der Waals surface area contributed by atoms with Gasteiger partial charge in [-0.1, -0.05) is 25.7 Å². The predicted octanol–water partition coefficient (Wildman–Crippen LogP) is 3.77. The van der Waals surface area contributed by atoms with Gasteiger partial charge in [0, 0.05) is 13.5 Å². The minimum atomic E-state index is 0.0241. The summed E-state index contributed by atoms with van der Waals surface area (Å²) in [6, 6.07) is 3.81. The van der Waals surface area contributed by atoms with Crippen LogP contribution in [-0.4, -0.2) is 17.9 Å². The van der Waals surface area contributed by atoms with E-state index in [1.54, 1.807) is 11.2 Å². The van der Waals surface area contributed by atoms with Crippen LogP contribution >= 0.6 is 0 Å². The van der Waals surface area contributed by atoms with Crippen molar-refractivity contribution in [1.29, 1.82) is 0 Å². The maximum Gasteiger partial charge on any atom is 0.222 e. The third kappa shape index (κ3) is 3.15. The number of hydrogen-bond acceptors (Lipinski definition) is 2. The molecule has 0 saturated heterocycles. The van der Waals surface area contributed by atoms with Crippen LogP contribution in [0.1, 0.15) is 57.3 Å². The molecule has 1 saturated carbocycles. The first-order valence-electron chi connectivity index (χ1n) is 6.97. The van der Waals surface area contributed by atoms with Gasteiger partial charge in [-0.25, -0.2) is 0 Å². The number of carbonyl (C=O) groups excluding carboxylic acids is 1. The normalized spacial score (nSPS) is 17.9. The van der Waals surface area contributed by atoms with Crippen molar-refractivity contribution in [3.05, 3.63) is 24.2 Å². The molecule has 3 nitrogen and oxygen atoms in total. The molecular weight excluding hydrogens is 226 g/mol. The van der Waals surface area contributed by atoms with E-state index in [2.05, 4.69) is 0 Å². The monoisotopic (exact) mass is 249 g/mol. The van der Waals surface area contributed by atoms with E-state index in [1.807, 2.05) is 26.1 Å². The van der Waals surface area contributed by atoms with Crippen LogP contribution in [0.4, 0.5) is 0 Å². The van der Waals surface area contributed by atoms with Gasteiger partial charge >= 0.3 is 0 Å². The van der Waals surface area contributed by atoms with Gasteiger partial charge in [-0.3, -0.25) is 4.79 Å². The molecule has 0 N–H and O–H groups in total. The minimum absolute atomic E-state index is 0.0241. The molecule has 2 rings (SSSR count). The summed E-state index contributed by atoms with van der Waals surface area (Å²) in [4.78, 5) is 13.9. The average Bonchev–Trinajstić information content (AvgIpc) is 3.06. The van der Waals surface area contributed by atoms with E-state index in [0.29, 0.717) is 6.42 Å². The lowest BCUT2D eigenvalue weighted by Crippen LogP contribution is -2.29. The van der Waals surface area contributed by atoms with Gasteiger partial charge in [0.25, 0.3) is 0 Å². The predicted molar refractivity (Wildman–Crippen MR) is 71.1 cm³/mol. The van der Waals surface area contributed by atoms with Gasteiger partial charge in [0.15, 0.2) is 0 Å². The van der Waals surface area contributed by atoms with Gasteiger partial charge < -0.3 is 9.32 Å². The fraction of sp³-hybridized carbons (Fsp3) is 0.667. The molecule has 0 spiro atoms. The van der Waals surface area contributed by atoms with Gasteiger partial charge in [0.2, 0.25) is 5.91 Å². The molecule has 100 valence electrons. The van der Waals surface area contributed by atoms with Crippen LogP contribution in [0.25, 0.3) is 0 Å². The third-order valence-electron chi connectivity index (χ3n) is 4.17. The Kier molecular flexibility index (Phi) is 4.45. The summed E-state index contributed by atoms with van der Waals surface area (Å²) < 4.78 is 5.35. The smallest absolute Gasteiger partial charge is 0.222 e. The summed E-state index contributed by atoms with van der Waals surface area (Å²) in [5.41, 5.74) is 0. The maximum absolute atomic E-state index is 12.1. The lowest BCUT2D eigenvalue weighted by molar-refractivity contribution is -0.132. The van der Waals surface area contributed by atoms with Crippen LogP contribution in [0.5, 0.6) is 0 Å². The van der Waals surface area contributed by atoms with Crippen molar-refractivity contribution in [2.45, 2.75) is 51.5 Å². The molecule has 1 aromatic rings. The molecule has 3 heteroatoms. The largest absolute Gasteiger partial charge is 0.467 e. The second-order valence-corrected chi connectivity index (χ2v) is 5.39. The zero-order valence-electron chi connectivity index (χ0n) is 11.4. The van der Waals surface area contributed by atoms with Crippen molar-refractivity contribution in [3.8, 4) is 0 Å². The Labute approximate surface area is 109 Å². The highest BCUT2D eigenvalue weighted by Crippen LogP contribution is 2.29. The number of hydrogen-bond donors (Lipinski definition) is 0. The molecule has 0 aromatic carbocycles. The van der Waals surface area contributed by atoms with Crippen LogP contribution in [0.2, 0.25) is 0 Å². The van der Waals surface area contributed by atoms with E-state index >= 15 is 0 Å². The lowest BCUT2D eigenvalue weighted by atomic mass is 10.0. The Morgan fingerprint density at radius 3 is 2.83 bits per heavy atom. The lowest BCUT2D eigenvalue weighted by Gasteiger charge is -2.24. The summed E-state index contributed by atoms with van der Waals surface area (Å²) in [5, 5.41) is 0. The molecule has 1 aliphatic rings. The number of rotatable bonds is 5. The summed E-state index contributed by atoms with van der Waals surface area (Å²) in [6.45, 7) is 2.01. The zero-order chi connectivity index (χ0) is 13.0. The fourth-order valence-corrected chi connectivity index (χ4v) is 2.74. The van der Waals surface area contributed by atoms with Gasteiger partial charge in [0.1, 0.15) is 5.76 Å². The van der Waals surface area contributed by atoms with E-state index < -0.39 is 0 Å². The fourth-order valence-electron chi connectivity index (χ4n) is 2.74. The molecule has 0 bridgehead atoms. The second-order valence-electron chi connectivity index (χ2n) is 5.39. The quantitative estimate of drug-likeness (QED) is 0.796. The van der Waals surface area contributed by atoms with Crippen LogP contribution in [-0.2, 0) is 4.79 Å². The highest BCUT2D eigenvalue weighted by molar-refractivity contribution is 5.76. The van der Waals surface area contributed by atoms with Crippen LogP contribution in [0.3, 0.4) is 0 Å². The van der Waals surface area contributed by atoms with Crippen molar-refractivity contribution < 1.29 is 9.21 Å². The van der Waals surface area contributed by atoms with Crippen LogP contribution in [0.15, 0.2) is 22.8 Å². The highest BCUT2D eigenvalue weighted by atomic mass is 16.3. The van der Waals surface area contributed by atoms with Crippen molar-refractivity contribution in [3.63, 3.8) is 0 Å². The first-order valence-corrected chi connectivity index (χ1v) is 6.97. The van der Waals surface area contributed by atoms with Crippen LogP contribution < -0.4 is 0 Å². The Balaban J connectivity index is 1.80. The van der Waals surface area contributed by atoms with Crippen LogP contribution in [0, 0.1) is 5.92 Å². The van der Waals surface area contributed by atoms with E-state index in [4.69, 9.17) is 4.42 Å². The number of furan rings is 1. The summed E-state index contributed by atoms with van der Waals surface area (Å²) in [6.07, 6.45) is 8.69. The Bertz CT molecular complexity index is 366. The molecule has 0 radical (unpaired) electrons. The zero-order valence-corrected chi connectivity index (χ0v) is 11.4. The third-order valence-corrected chi connectivity index (χ3v) is 4.17. The maximum atomic E-state index is 12.1. The Morgan fingerprint density at radius 2 is 2.22 bits per heavy atom. The molecule has 1 aliphatic carbocycles. The first-order chi connectivity index (χ1) is 8.68. The minimum Gasteiger partial charge on any atom is -0.467 e. The number of amides is 1. The van der Waals surface area contributed by atoms with E-state index in [9.17, 15) is 4.79 Å². The molecule has 0 aliphatic heterocycles. The Morgan fingerprint density at radius 1 is 1.50 bits per heavy atom. The van der Waals surface area contributed by atoms with E-state index in [-0.39, 0.29) is 11.9 Å². The number of nitrogens with zero attached hydrogens (tertiary/aromatic N) is 1. The van der Waals surface area contributed by atoms with Gasteiger partial charge in [-0.15, -0.1) is 0 Å². The SMILES string of the molecule is CC(c1ccco1)N(C)C(=O)CCC1CCCC1. The van der Waals surface area contributed by atoms with Gasteiger partial charge in [0.05, 0.1) is 12.3 Å². The number of carbonyl (C=O) groups is 1. The topological polar surface area (TPSA) is 33.5 Å². The summed E-state index contributed by atoms with van der Waals surface area (Å²) in [5.74, 6) is 1.86. The van der Waals surface area contributed by atoms with Gasteiger partial charge in [-0.05, 0) is 31.4 Å². The molecule has 1 fully saturated rings. The van der Waals surface area contributed by atoms with Crippen molar-refractivity contribution in [2.75, 3.05) is 7.05 Å². The molecule has 1 heterocycles. The molecule has 1 aromatic heterocycles. The van der Waals surface area contributed by atoms with Gasteiger partial charge in [-0.2, -0.15) is 0 Å². The molecule has 1 amide bonds. The van der Waals surface area contributed by atoms with E-state index in [0.717, 1.165) is 18.1 Å². The Hall–Kier alpha value is -1.25. The van der Waals surface area contributed by atoms with Crippen molar-refractivity contribution >= 4 is 5.91 Å². The van der Waals surface area contributed by atoms with Crippen molar-refractivity contribution in [1.82, 2.24) is 4.90 Å². The van der Waals surface area contributed by atoms with Crippen molar-refractivity contribution in [2.24, 2.45) is 5.92 Å². The first kappa shape index (κ1) is 13.2. The average molecular weight is 249 g/mol. The molecular formula is C15H23NO2. The molecule has 1 unspecified atom stereocenters.